The molecular formula is C15H17N5. The lowest BCUT2D eigenvalue weighted by molar-refractivity contribution is 0.775. The number of para-hydroxylation sites is 1. The van der Waals surface area contributed by atoms with Gasteiger partial charge in [-0.15, -0.1) is 5.10 Å². The molecular weight excluding hydrogens is 250 g/mol. The van der Waals surface area contributed by atoms with Crippen molar-refractivity contribution in [3.8, 4) is 5.82 Å². The molecule has 3 rings (SSSR count). The van der Waals surface area contributed by atoms with Crippen LogP contribution in [0.3, 0.4) is 0 Å². The van der Waals surface area contributed by atoms with Gasteiger partial charge in [0.1, 0.15) is 5.52 Å². The van der Waals surface area contributed by atoms with Crippen LogP contribution in [0.25, 0.3) is 16.9 Å². The SMILES string of the molecule is CCc1cc(CNC)cc(-n2nnc3ccccc32)n1. The summed E-state index contributed by atoms with van der Waals surface area (Å²) in [5.41, 5.74) is 4.12. The molecule has 0 bridgehead atoms. The van der Waals surface area contributed by atoms with Gasteiger partial charge in [-0.05, 0) is 43.3 Å². The molecule has 0 unspecified atom stereocenters. The number of benzene rings is 1. The highest BCUT2D eigenvalue weighted by molar-refractivity contribution is 5.75. The largest absolute Gasteiger partial charge is 0.316 e. The molecule has 0 radical (unpaired) electrons. The van der Waals surface area contributed by atoms with Gasteiger partial charge in [0.2, 0.25) is 0 Å². The van der Waals surface area contributed by atoms with E-state index in [0.29, 0.717) is 0 Å². The van der Waals surface area contributed by atoms with Crippen molar-refractivity contribution in [2.75, 3.05) is 7.05 Å². The van der Waals surface area contributed by atoms with Crippen LogP contribution >= 0.6 is 0 Å². The molecule has 0 amide bonds. The van der Waals surface area contributed by atoms with Crippen molar-refractivity contribution in [2.45, 2.75) is 19.9 Å². The molecule has 102 valence electrons. The lowest BCUT2D eigenvalue weighted by atomic mass is 10.2. The number of hydrogen-bond donors (Lipinski definition) is 1. The van der Waals surface area contributed by atoms with E-state index in [1.54, 1.807) is 4.68 Å². The lowest BCUT2D eigenvalue weighted by Gasteiger charge is -2.08. The molecule has 1 N–H and O–H groups in total. The molecule has 2 aromatic heterocycles. The van der Waals surface area contributed by atoms with Gasteiger partial charge in [0.25, 0.3) is 0 Å². The average Bonchev–Trinajstić information content (AvgIpc) is 2.91. The van der Waals surface area contributed by atoms with Crippen LogP contribution in [0, 0.1) is 0 Å². The molecule has 5 heteroatoms. The zero-order valence-corrected chi connectivity index (χ0v) is 11.7. The Morgan fingerprint density at radius 3 is 2.85 bits per heavy atom. The van der Waals surface area contributed by atoms with Crippen molar-refractivity contribution in [1.29, 1.82) is 0 Å². The molecule has 20 heavy (non-hydrogen) atoms. The summed E-state index contributed by atoms with van der Waals surface area (Å²) >= 11 is 0. The molecule has 3 aromatic rings. The average molecular weight is 267 g/mol. The number of aromatic nitrogens is 4. The van der Waals surface area contributed by atoms with Gasteiger partial charge in [-0.1, -0.05) is 24.3 Å². The summed E-state index contributed by atoms with van der Waals surface area (Å²) in [5, 5.41) is 11.6. The summed E-state index contributed by atoms with van der Waals surface area (Å²) < 4.78 is 1.80. The van der Waals surface area contributed by atoms with Crippen molar-refractivity contribution < 1.29 is 0 Å². The number of nitrogens with one attached hydrogen (secondary N) is 1. The van der Waals surface area contributed by atoms with E-state index in [-0.39, 0.29) is 0 Å². The van der Waals surface area contributed by atoms with E-state index >= 15 is 0 Å². The fourth-order valence-corrected chi connectivity index (χ4v) is 2.27. The van der Waals surface area contributed by atoms with Crippen LogP contribution in [0.5, 0.6) is 0 Å². The van der Waals surface area contributed by atoms with Gasteiger partial charge in [0, 0.05) is 12.2 Å². The molecule has 0 aliphatic carbocycles. The third-order valence-corrected chi connectivity index (χ3v) is 3.24. The van der Waals surface area contributed by atoms with E-state index in [1.165, 1.54) is 5.56 Å². The van der Waals surface area contributed by atoms with Crippen LogP contribution in [0.2, 0.25) is 0 Å². The third kappa shape index (κ3) is 2.28. The van der Waals surface area contributed by atoms with Crippen molar-refractivity contribution in [3.63, 3.8) is 0 Å². The Kier molecular flexibility index (Phi) is 3.43. The number of pyridine rings is 1. The Morgan fingerprint density at radius 1 is 1.20 bits per heavy atom. The molecule has 0 aliphatic heterocycles. The van der Waals surface area contributed by atoms with Crippen molar-refractivity contribution in [2.24, 2.45) is 0 Å². The quantitative estimate of drug-likeness (QED) is 0.786. The Balaban J connectivity index is 2.15. The lowest BCUT2D eigenvalue weighted by Crippen LogP contribution is -2.09. The molecule has 5 nitrogen and oxygen atoms in total. The minimum absolute atomic E-state index is 0.815. The van der Waals surface area contributed by atoms with Gasteiger partial charge in [0.05, 0.1) is 5.52 Å². The van der Waals surface area contributed by atoms with Gasteiger partial charge in [0.15, 0.2) is 5.82 Å². The first-order valence-corrected chi connectivity index (χ1v) is 6.77. The Morgan fingerprint density at radius 2 is 2.05 bits per heavy atom. The zero-order valence-electron chi connectivity index (χ0n) is 11.7. The molecule has 2 heterocycles. The van der Waals surface area contributed by atoms with E-state index in [1.807, 2.05) is 31.3 Å². The predicted octanol–water partition coefficient (Wildman–Crippen LogP) is 2.10. The van der Waals surface area contributed by atoms with Crippen molar-refractivity contribution >= 4 is 11.0 Å². The second-order valence-electron chi connectivity index (χ2n) is 4.70. The fourth-order valence-electron chi connectivity index (χ4n) is 2.27. The van der Waals surface area contributed by atoms with Crippen LogP contribution in [-0.4, -0.2) is 27.0 Å². The number of rotatable bonds is 4. The summed E-state index contributed by atoms with van der Waals surface area (Å²) in [6, 6.07) is 12.1. The van der Waals surface area contributed by atoms with E-state index in [2.05, 4.69) is 39.7 Å². The maximum absolute atomic E-state index is 4.66. The van der Waals surface area contributed by atoms with Crippen LogP contribution in [0.1, 0.15) is 18.2 Å². The van der Waals surface area contributed by atoms with E-state index in [4.69, 9.17) is 0 Å². The normalized spacial score (nSPS) is 11.1. The molecule has 0 spiro atoms. The summed E-state index contributed by atoms with van der Waals surface area (Å²) in [6.07, 6.45) is 0.900. The topological polar surface area (TPSA) is 55.6 Å². The minimum atomic E-state index is 0.815. The van der Waals surface area contributed by atoms with E-state index < -0.39 is 0 Å². The first-order valence-electron chi connectivity index (χ1n) is 6.77. The summed E-state index contributed by atoms with van der Waals surface area (Å²) in [5.74, 6) is 0.823. The minimum Gasteiger partial charge on any atom is -0.316 e. The molecule has 0 fully saturated rings. The highest BCUT2D eigenvalue weighted by atomic mass is 15.4. The molecule has 0 aliphatic rings. The Bertz CT molecular complexity index is 732. The van der Waals surface area contributed by atoms with Crippen molar-refractivity contribution in [3.05, 3.63) is 47.7 Å². The highest BCUT2D eigenvalue weighted by Crippen LogP contribution is 2.16. The predicted molar refractivity (Wildman–Crippen MR) is 78.8 cm³/mol. The number of fused-ring (bicyclic) bond motifs is 1. The van der Waals surface area contributed by atoms with Crippen LogP contribution < -0.4 is 5.32 Å². The third-order valence-electron chi connectivity index (χ3n) is 3.24. The van der Waals surface area contributed by atoms with Gasteiger partial charge in [-0.25, -0.2) is 4.98 Å². The standard InChI is InChI=1S/C15H17N5/c1-3-12-8-11(10-16-2)9-15(17-12)20-14-7-5-4-6-13(14)18-19-20/h4-9,16H,3,10H2,1-2H3. The second-order valence-corrected chi connectivity index (χ2v) is 4.70. The number of hydrogen-bond acceptors (Lipinski definition) is 4. The number of nitrogens with zero attached hydrogens (tertiary/aromatic N) is 4. The first kappa shape index (κ1) is 12.7. The van der Waals surface area contributed by atoms with Crippen molar-refractivity contribution in [1.82, 2.24) is 25.3 Å². The maximum Gasteiger partial charge on any atom is 0.156 e. The number of aryl methyl sites for hydroxylation is 1. The second kappa shape index (κ2) is 5.38. The Hall–Kier alpha value is -2.27. The summed E-state index contributed by atoms with van der Waals surface area (Å²) in [4.78, 5) is 4.66. The first-order chi connectivity index (χ1) is 9.81. The fraction of sp³-hybridized carbons (Fsp3) is 0.267. The van der Waals surface area contributed by atoms with E-state index in [0.717, 1.165) is 35.5 Å². The molecule has 0 saturated carbocycles. The monoisotopic (exact) mass is 267 g/mol. The molecule has 0 atom stereocenters. The maximum atomic E-state index is 4.66. The molecule has 0 saturated heterocycles. The van der Waals surface area contributed by atoms with Crippen LogP contribution in [-0.2, 0) is 13.0 Å². The summed E-state index contributed by atoms with van der Waals surface area (Å²) in [6.45, 7) is 2.92. The zero-order chi connectivity index (χ0) is 13.9. The highest BCUT2D eigenvalue weighted by Gasteiger charge is 2.09. The summed E-state index contributed by atoms with van der Waals surface area (Å²) in [7, 11) is 1.94. The van der Waals surface area contributed by atoms with Gasteiger partial charge < -0.3 is 5.32 Å². The van der Waals surface area contributed by atoms with Gasteiger partial charge >= 0.3 is 0 Å². The van der Waals surface area contributed by atoms with E-state index in [9.17, 15) is 0 Å². The molecule has 1 aromatic carbocycles. The van der Waals surface area contributed by atoms with Gasteiger partial charge in [-0.2, -0.15) is 4.68 Å². The smallest absolute Gasteiger partial charge is 0.156 e. The van der Waals surface area contributed by atoms with Crippen LogP contribution in [0.15, 0.2) is 36.4 Å². The Labute approximate surface area is 117 Å². The van der Waals surface area contributed by atoms with Gasteiger partial charge in [-0.3, -0.25) is 0 Å². The van der Waals surface area contributed by atoms with Crippen LogP contribution in [0.4, 0.5) is 0 Å².